The third-order valence-electron chi connectivity index (χ3n) is 4.76. The summed E-state index contributed by atoms with van der Waals surface area (Å²) in [5, 5.41) is 2.82. The molecule has 2 aromatic rings. The number of aryl methyl sites for hydroxylation is 1. The molecule has 0 spiro atoms. The van der Waals surface area contributed by atoms with E-state index in [2.05, 4.69) is 5.32 Å². The summed E-state index contributed by atoms with van der Waals surface area (Å²) in [6, 6.07) is 14.9. The van der Waals surface area contributed by atoms with Crippen molar-refractivity contribution in [2.75, 3.05) is 12.3 Å². The van der Waals surface area contributed by atoms with E-state index in [1.165, 1.54) is 10.4 Å². The Labute approximate surface area is 159 Å². The van der Waals surface area contributed by atoms with Crippen LogP contribution in [0.3, 0.4) is 0 Å². The normalized spacial score (nSPS) is 17.7. The molecule has 0 radical (unpaired) electrons. The fourth-order valence-corrected chi connectivity index (χ4v) is 5.00. The smallest absolute Gasteiger partial charge is 0.238 e. The van der Waals surface area contributed by atoms with Gasteiger partial charge in [-0.25, -0.2) is 12.8 Å². The quantitative estimate of drug-likeness (QED) is 0.790. The molecule has 1 heterocycles. The largest absolute Gasteiger partial charge is 0.351 e. The van der Waals surface area contributed by atoms with Crippen molar-refractivity contribution < 1.29 is 17.6 Å². The number of benzene rings is 2. The summed E-state index contributed by atoms with van der Waals surface area (Å²) < 4.78 is 40.5. The van der Waals surface area contributed by atoms with Crippen molar-refractivity contribution in [3.63, 3.8) is 0 Å². The number of nitrogens with one attached hydrogen (secondary N) is 1. The molecule has 3 rings (SSSR count). The van der Waals surface area contributed by atoms with Crippen molar-refractivity contribution >= 4 is 15.9 Å². The number of hydrogen-bond acceptors (Lipinski definition) is 3. The summed E-state index contributed by atoms with van der Waals surface area (Å²) in [6.07, 6.45) is 1.23. The molecule has 7 heteroatoms. The lowest BCUT2D eigenvalue weighted by Crippen LogP contribution is -2.46. The van der Waals surface area contributed by atoms with Gasteiger partial charge in [-0.15, -0.1) is 0 Å². The molecule has 0 aromatic heterocycles. The second kappa shape index (κ2) is 8.63. The van der Waals surface area contributed by atoms with Gasteiger partial charge in [0.25, 0.3) is 0 Å². The molecule has 2 aromatic carbocycles. The first-order chi connectivity index (χ1) is 13.0. The predicted octanol–water partition coefficient (Wildman–Crippen LogP) is 2.48. The van der Waals surface area contributed by atoms with Crippen LogP contribution in [0.1, 0.15) is 24.0 Å². The summed E-state index contributed by atoms with van der Waals surface area (Å²) >= 11 is 0. The Hall–Kier alpha value is -2.25. The number of sulfonamides is 1. The molecule has 0 unspecified atom stereocenters. The molecule has 1 saturated heterocycles. The number of amides is 1. The average Bonchev–Trinajstić information content (AvgIpc) is 3.17. The third-order valence-corrected chi connectivity index (χ3v) is 6.63. The second-order valence-corrected chi connectivity index (χ2v) is 8.67. The van der Waals surface area contributed by atoms with Gasteiger partial charge < -0.3 is 5.32 Å². The minimum absolute atomic E-state index is 0.0872. The van der Waals surface area contributed by atoms with Gasteiger partial charge in [0.2, 0.25) is 15.9 Å². The van der Waals surface area contributed by atoms with Gasteiger partial charge >= 0.3 is 0 Å². The molecule has 27 heavy (non-hydrogen) atoms. The molecule has 1 aliphatic heterocycles. The van der Waals surface area contributed by atoms with E-state index in [9.17, 15) is 17.6 Å². The lowest BCUT2D eigenvalue weighted by Gasteiger charge is -2.23. The Morgan fingerprint density at radius 2 is 1.81 bits per heavy atom. The van der Waals surface area contributed by atoms with Crippen molar-refractivity contribution in [3.05, 3.63) is 71.5 Å². The molecular formula is C20H23FN2O3S. The van der Waals surface area contributed by atoms with E-state index in [0.717, 1.165) is 5.56 Å². The topological polar surface area (TPSA) is 66.5 Å². The number of nitrogens with zero attached hydrogens (tertiary/aromatic N) is 1. The van der Waals surface area contributed by atoms with E-state index in [4.69, 9.17) is 0 Å². The van der Waals surface area contributed by atoms with Crippen LogP contribution >= 0.6 is 0 Å². The summed E-state index contributed by atoms with van der Waals surface area (Å²) in [7, 11) is -3.65. The van der Waals surface area contributed by atoms with Crippen LogP contribution in [0.25, 0.3) is 0 Å². The summed E-state index contributed by atoms with van der Waals surface area (Å²) in [6.45, 7) is 0.683. The number of rotatable bonds is 7. The van der Waals surface area contributed by atoms with E-state index >= 15 is 0 Å². The van der Waals surface area contributed by atoms with Gasteiger partial charge in [0.05, 0.1) is 5.75 Å². The maximum atomic E-state index is 13.7. The molecule has 1 fully saturated rings. The van der Waals surface area contributed by atoms with Crippen LogP contribution in [0.2, 0.25) is 0 Å². The molecular weight excluding hydrogens is 367 g/mol. The first-order valence-electron chi connectivity index (χ1n) is 9.02. The summed E-state index contributed by atoms with van der Waals surface area (Å²) in [4.78, 5) is 12.5. The first kappa shape index (κ1) is 19.5. The summed E-state index contributed by atoms with van der Waals surface area (Å²) in [5.74, 6) is -0.909. The van der Waals surface area contributed by atoms with Crippen LogP contribution in [-0.4, -0.2) is 37.0 Å². The van der Waals surface area contributed by atoms with Crippen LogP contribution in [0.5, 0.6) is 0 Å². The highest BCUT2D eigenvalue weighted by atomic mass is 32.2. The van der Waals surface area contributed by atoms with Crippen LogP contribution in [0, 0.1) is 5.82 Å². The molecule has 0 aliphatic carbocycles. The molecule has 1 amide bonds. The van der Waals surface area contributed by atoms with Crippen LogP contribution in [-0.2, 0) is 27.8 Å². The molecule has 0 bridgehead atoms. The standard InChI is InChI=1S/C20H23FN2O3S/c21-18-10-5-4-9-17(18)12-14-27(25,26)23-13-6-11-19(23)20(24)22-15-16-7-2-1-3-8-16/h1-5,7-10,19H,6,11-15H2,(H,22,24)/t19-/m0/s1. The number of carbonyl (C=O) groups is 1. The van der Waals surface area contributed by atoms with E-state index in [1.807, 2.05) is 30.3 Å². The Bertz CT molecular complexity index is 887. The van der Waals surface area contributed by atoms with Crippen molar-refractivity contribution in [2.24, 2.45) is 0 Å². The fourth-order valence-electron chi connectivity index (χ4n) is 3.30. The Morgan fingerprint density at radius 1 is 1.11 bits per heavy atom. The SMILES string of the molecule is O=C(NCc1ccccc1)[C@@H]1CCCN1S(=O)(=O)CCc1ccccc1F. The highest BCUT2D eigenvalue weighted by Crippen LogP contribution is 2.22. The van der Waals surface area contributed by atoms with Crippen molar-refractivity contribution in [1.82, 2.24) is 9.62 Å². The Balaban J connectivity index is 1.62. The molecule has 1 atom stereocenters. The number of hydrogen-bond donors (Lipinski definition) is 1. The average molecular weight is 390 g/mol. The number of halogens is 1. The maximum absolute atomic E-state index is 13.7. The zero-order valence-corrected chi connectivity index (χ0v) is 15.8. The van der Waals surface area contributed by atoms with Gasteiger partial charge in [-0.2, -0.15) is 4.31 Å². The van der Waals surface area contributed by atoms with Crippen molar-refractivity contribution in [3.8, 4) is 0 Å². The highest BCUT2D eigenvalue weighted by Gasteiger charge is 2.38. The first-order valence-corrected chi connectivity index (χ1v) is 10.6. The lowest BCUT2D eigenvalue weighted by molar-refractivity contribution is -0.124. The predicted molar refractivity (Wildman–Crippen MR) is 102 cm³/mol. The van der Waals surface area contributed by atoms with Gasteiger partial charge in [0.1, 0.15) is 11.9 Å². The van der Waals surface area contributed by atoms with Crippen LogP contribution in [0.15, 0.2) is 54.6 Å². The van der Waals surface area contributed by atoms with Gasteiger partial charge in [0, 0.05) is 13.1 Å². The molecule has 1 aliphatic rings. The zero-order valence-electron chi connectivity index (χ0n) is 15.0. The van der Waals surface area contributed by atoms with Crippen LogP contribution in [0.4, 0.5) is 4.39 Å². The minimum atomic E-state index is -3.65. The molecule has 5 nitrogen and oxygen atoms in total. The van der Waals surface area contributed by atoms with E-state index in [1.54, 1.807) is 18.2 Å². The second-order valence-electron chi connectivity index (χ2n) is 6.63. The van der Waals surface area contributed by atoms with Gasteiger partial charge in [-0.05, 0) is 36.5 Å². The Kier molecular flexibility index (Phi) is 6.23. The lowest BCUT2D eigenvalue weighted by atomic mass is 10.2. The Morgan fingerprint density at radius 3 is 2.56 bits per heavy atom. The minimum Gasteiger partial charge on any atom is -0.351 e. The van der Waals surface area contributed by atoms with Crippen LogP contribution < -0.4 is 5.32 Å². The third kappa shape index (κ3) is 4.93. The van der Waals surface area contributed by atoms with E-state index in [0.29, 0.717) is 31.5 Å². The number of carbonyl (C=O) groups excluding carboxylic acids is 1. The van der Waals surface area contributed by atoms with Crippen molar-refractivity contribution in [1.29, 1.82) is 0 Å². The molecule has 1 N–H and O–H groups in total. The fraction of sp³-hybridized carbons (Fsp3) is 0.350. The van der Waals surface area contributed by atoms with Crippen molar-refractivity contribution in [2.45, 2.75) is 31.8 Å². The molecule has 0 saturated carbocycles. The van der Waals surface area contributed by atoms with E-state index in [-0.39, 0.29) is 18.1 Å². The van der Waals surface area contributed by atoms with Gasteiger partial charge in [0.15, 0.2) is 0 Å². The van der Waals surface area contributed by atoms with E-state index < -0.39 is 21.9 Å². The molecule has 144 valence electrons. The highest BCUT2D eigenvalue weighted by molar-refractivity contribution is 7.89. The van der Waals surface area contributed by atoms with Gasteiger partial charge in [-0.1, -0.05) is 48.5 Å². The monoisotopic (exact) mass is 390 g/mol. The summed E-state index contributed by atoms with van der Waals surface area (Å²) in [5.41, 5.74) is 1.32. The zero-order chi connectivity index (χ0) is 19.3. The van der Waals surface area contributed by atoms with Gasteiger partial charge in [-0.3, -0.25) is 4.79 Å². The maximum Gasteiger partial charge on any atom is 0.238 e.